The highest BCUT2D eigenvalue weighted by Gasteiger charge is 2.25. The van der Waals surface area contributed by atoms with Crippen molar-refractivity contribution in [2.45, 2.75) is 12.8 Å². The fraction of sp³-hybridized carbons (Fsp3) is 0.409. The highest BCUT2D eigenvalue weighted by atomic mass is 16.5. The smallest absolute Gasteiger partial charge is 0.227 e. The predicted octanol–water partition coefficient (Wildman–Crippen LogP) is 3.26. The molecule has 1 aliphatic rings. The fourth-order valence-electron chi connectivity index (χ4n) is 3.30. The second-order valence-electron chi connectivity index (χ2n) is 7.09. The summed E-state index contributed by atoms with van der Waals surface area (Å²) in [5, 5.41) is 0. The Labute approximate surface area is 162 Å². The molecule has 0 unspecified atom stereocenters. The van der Waals surface area contributed by atoms with Gasteiger partial charge in [0.2, 0.25) is 5.91 Å². The van der Waals surface area contributed by atoms with E-state index in [0.29, 0.717) is 13.0 Å². The van der Waals surface area contributed by atoms with Crippen LogP contribution in [0.5, 0.6) is 5.75 Å². The van der Waals surface area contributed by atoms with Crippen LogP contribution >= 0.6 is 0 Å². The molecule has 0 fully saturated rings. The van der Waals surface area contributed by atoms with Gasteiger partial charge < -0.3 is 19.4 Å². The molecule has 1 amide bonds. The van der Waals surface area contributed by atoms with Crippen molar-refractivity contribution in [1.82, 2.24) is 4.90 Å². The number of hydrogen-bond donors (Lipinski definition) is 0. The number of carbonyl (C=O) groups excluding carboxylic acids is 1. The molecule has 27 heavy (non-hydrogen) atoms. The number of anilines is 2. The third-order valence-corrected chi connectivity index (χ3v) is 4.77. The topological polar surface area (TPSA) is 36.0 Å². The summed E-state index contributed by atoms with van der Waals surface area (Å²) >= 11 is 0. The lowest BCUT2D eigenvalue weighted by molar-refractivity contribution is -0.118. The van der Waals surface area contributed by atoms with Crippen LogP contribution in [-0.2, 0) is 4.79 Å². The van der Waals surface area contributed by atoms with Gasteiger partial charge in [0.05, 0.1) is 18.0 Å². The minimum Gasteiger partial charge on any atom is -0.494 e. The van der Waals surface area contributed by atoms with E-state index in [1.165, 1.54) is 0 Å². The van der Waals surface area contributed by atoms with Crippen molar-refractivity contribution in [3.8, 4) is 5.75 Å². The van der Waals surface area contributed by atoms with Gasteiger partial charge in [-0.2, -0.15) is 0 Å². The van der Waals surface area contributed by atoms with E-state index in [4.69, 9.17) is 4.74 Å². The van der Waals surface area contributed by atoms with Gasteiger partial charge in [0.15, 0.2) is 0 Å². The minimum absolute atomic E-state index is 0.173. The molecule has 1 aliphatic heterocycles. The average Bonchev–Trinajstić information content (AvgIpc) is 2.70. The Hall–Kier alpha value is -2.53. The van der Waals surface area contributed by atoms with Crippen molar-refractivity contribution in [2.75, 3.05) is 56.7 Å². The molecule has 0 aliphatic carbocycles. The Bertz CT molecular complexity index is 733. The number of fused-ring (bicyclic) bond motifs is 1. The molecule has 5 heteroatoms. The number of rotatable bonds is 8. The van der Waals surface area contributed by atoms with Gasteiger partial charge in [0.1, 0.15) is 5.75 Å². The quantitative estimate of drug-likeness (QED) is 0.671. The van der Waals surface area contributed by atoms with E-state index in [1.807, 2.05) is 47.4 Å². The van der Waals surface area contributed by atoms with Gasteiger partial charge in [-0.1, -0.05) is 30.3 Å². The third-order valence-electron chi connectivity index (χ3n) is 4.77. The average molecular weight is 367 g/mol. The highest BCUT2D eigenvalue weighted by Crippen LogP contribution is 2.33. The first kappa shape index (κ1) is 19.2. The van der Waals surface area contributed by atoms with Crippen LogP contribution in [0.1, 0.15) is 12.8 Å². The lowest BCUT2D eigenvalue weighted by Crippen LogP contribution is -2.45. The lowest BCUT2D eigenvalue weighted by Gasteiger charge is -2.38. The molecule has 0 bridgehead atoms. The summed E-state index contributed by atoms with van der Waals surface area (Å²) in [7, 11) is 4.17. The molecule has 2 aromatic carbocycles. The summed E-state index contributed by atoms with van der Waals surface area (Å²) in [5.41, 5.74) is 2.18. The van der Waals surface area contributed by atoms with Crippen molar-refractivity contribution in [1.29, 1.82) is 0 Å². The molecule has 0 aromatic heterocycles. The van der Waals surface area contributed by atoms with E-state index < -0.39 is 0 Å². The first-order valence-corrected chi connectivity index (χ1v) is 9.62. The summed E-state index contributed by atoms with van der Waals surface area (Å²) < 4.78 is 5.70. The van der Waals surface area contributed by atoms with E-state index in [-0.39, 0.29) is 5.91 Å². The Kier molecular flexibility index (Phi) is 6.71. The number of amides is 1. The summed E-state index contributed by atoms with van der Waals surface area (Å²) in [6.07, 6.45) is 1.22. The summed E-state index contributed by atoms with van der Waals surface area (Å²) in [4.78, 5) is 19.3. The van der Waals surface area contributed by atoms with Crippen LogP contribution in [0.3, 0.4) is 0 Å². The molecule has 0 radical (unpaired) electrons. The first-order valence-electron chi connectivity index (χ1n) is 9.62. The molecule has 5 nitrogen and oxygen atoms in total. The third kappa shape index (κ3) is 5.23. The van der Waals surface area contributed by atoms with Gasteiger partial charge >= 0.3 is 0 Å². The van der Waals surface area contributed by atoms with Gasteiger partial charge in [0.25, 0.3) is 0 Å². The monoisotopic (exact) mass is 367 g/mol. The Morgan fingerprint density at radius 1 is 1.00 bits per heavy atom. The molecule has 0 atom stereocenters. The molecule has 0 saturated heterocycles. The molecule has 3 rings (SSSR count). The van der Waals surface area contributed by atoms with Crippen molar-refractivity contribution in [2.24, 2.45) is 0 Å². The fourth-order valence-corrected chi connectivity index (χ4v) is 3.30. The number of benzene rings is 2. The molecular formula is C22H29N3O2. The number of likely N-dealkylation sites (N-methyl/N-ethyl adjacent to an activating group) is 1. The SMILES string of the molecule is CN(C)CCN1CCN(C(=O)CCCOc2ccccc2)c2ccccc21. The zero-order valence-corrected chi connectivity index (χ0v) is 16.3. The van der Waals surface area contributed by atoms with Crippen LogP contribution in [-0.4, -0.2) is 57.7 Å². The molecule has 0 N–H and O–H groups in total. The molecule has 1 heterocycles. The van der Waals surface area contributed by atoms with Crippen LogP contribution in [0.25, 0.3) is 0 Å². The normalized spacial score (nSPS) is 13.6. The minimum atomic E-state index is 0.173. The largest absolute Gasteiger partial charge is 0.494 e. The van der Waals surface area contributed by atoms with E-state index >= 15 is 0 Å². The van der Waals surface area contributed by atoms with Crippen molar-refractivity contribution < 1.29 is 9.53 Å². The van der Waals surface area contributed by atoms with E-state index in [1.54, 1.807) is 0 Å². The molecule has 0 saturated carbocycles. The van der Waals surface area contributed by atoms with Crippen LogP contribution in [0.4, 0.5) is 11.4 Å². The van der Waals surface area contributed by atoms with E-state index in [2.05, 4.69) is 36.0 Å². The summed E-state index contributed by atoms with van der Waals surface area (Å²) in [5.74, 6) is 1.02. The van der Waals surface area contributed by atoms with E-state index in [0.717, 1.165) is 49.7 Å². The first-order chi connectivity index (χ1) is 13.1. The van der Waals surface area contributed by atoms with Gasteiger partial charge in [-0.25, -0.2) is 0 Å². The number of hydrogen-bond acceptors (Lipinski definition) is 4. The number of carbonyl (C=O) groups is 1. The van der Waals surface area contributed by atoms with Gasteiger partial charge in [0, 0.05) is 32.6 Å². The molecule has 0 spiro atoms. The molecular weight excluding hydrogens is 338 g/mol. The zero-order chi connectivity index (χ0) is 19.1. The highest BCUT2D eigenvalue weighted by molar-refractivity contribution is 5.97. The van der Waals surface area contributed by atoms with Crippen LogP contribution < -0.4 is 14.5 Å². The maximum Gasteiger partial charge on any atom is 0.227 e. The Balaban J connectivity index is 1.55. The standard InChI is InChI=1S/C22H29N3O2/c1-23(2)14-15-24-16-17-25(21-12-7-6-11-20(21)24)22(26)13-8-18-27-19-9-4-3-5-10-19/h3-7,9-12H,8,13-18H2,1-2H3. The van der Waals surface area contributed by atoms with Gasteiger partial charge in [-0.15, -0.1) is 0 Å². The number of para-hydroxylation sites is 3. The second-order valence-corrected chi connectivity index (χ2v) is 7.09. The maximum absolute atomic E-state index is 12.8. The number of nitrogens with zero attached hydrogens (tertiary/aromatic N) is 3. The zero-order valence-electron chi connectivity index (χ0n) is 16.3. The number of ether oxygens (including phenoxy) is 1. The molecule has 2 aromatic rings. The van der Waals surface area contributed by atoms with Crippen LogP contribution in [0.15, 0.2) is 54.6 Å². The second kappa shape index (κ2) is 9.42. The van der Waals surface area contributed by atoms with Gasteiger partial charge in [-0.3, -0.25) is 4.79 Å². The van der Waals surface area contributed by atoms with E-state index in [9.17, 15) is 4.79 Å². The summed E-state index contributed by atoms with van der Waals surface area (Å²) in [6.45, 7) is 4.14. The van der Waals surface area contributed by atoms with Crippen LogP contribution in [0.2, 0.25) is 0 Å². The Morgan fingerprint density at radius 3 is 2.44 bits per heavy atom. The Morgan fingerprint density at radius 2 is 1.70 bits per heavy atom. The van der Waals surface area contributed by atoms with Crippen molar-refractivity contribution in [3.05, 3.63) is 54.6 Å². The van der Waals surface area contributed by atoms with Crippen molar-refractivity contribution >= 4 is 17.3 Å². The summed E-state index contributed by atoms with van der Waals surface area (Å²) in [6, 6.07) is 18.0. The van der Waals surface area contributed by atoms with Crippen molar-refractivity contribution in [3.63, 3.8) is 0 Å². The maximum atomic E-state index is 12.8. The predicted molar refractivity (Wildman–Crippen MR) is 111 cm³/mol. The molecule has 144 valence electrons. The lowest BCUT2D eigenvalue weighted by atomic mass is 10.1. The van der Waals surface area contributed by atoms with Gasteiger partial charge in [-0.05, 0) is 44.8 Å². The van der Waals surface area contributed by atoms with Crippen LogP contribution in [0, 0.1) is 0 Å².